The molecule has 1 aliphatic heterocycles. The fraction of sp³-hybridized carbons (Fsp3) is 0.241. The lowest BCUT2D eigenvalue weighted by Gasteiger charge is -2.30. The van der Waals surface area contributed by atoms with Crippen LogP contribution in [0.2, 0.25) is 10.0 Å². The topological polar surface area (TPSA) is 49.4 Å². The van der Waals surface area contributed by atoms with Crippen LogP contribution in [0.4, 0.5) is 26.3 Å². The SMILES string of the molecule is O=C(C=Cc1ccccc1)c1c(C(F)(F)F)cc(C(=O)N2CCNCC2)c(Cc2ccc(Cl)c(Cl)c2)c1C(F)(F)F. The van der Waals surface area contributed by atoms with Crippen LogP contribution >= 0.6 is 23.2 Å². The number of benzene rings is 3. The molecule has 3 aromatic rings. The molecule has 1 aliphatic rings. The van der Waals surface area contributed by atoms with Crippen LogP contribution in [-0.4, -0.2) is 42.8 Å². The molecule has 0 aromatic heterocycles. The second kappa shape index (κ2) is 12.3. The molecule has 1 heterocycles. The summed E-state index contributed by atoms with van der Waals surface area (Å²) in [4.78, 5) is 27.9. The summed E-state index contributed by atoms with van der Waals surface area (Å²) < 4.78 is 87.5. The highest BCUT2D eigenvalue weighted by molar-refractivity contribution is 6.42. The Balaban J connectivity index is 2.01. The molecule has 12 heteroatoms. The standard InChI is InChI=1S/C29H22Cl2F6N2O2/c30-22-8-6-18(15-23(22)31)14-19-20(27(41)39-12-10-38-11-13-39)16-21(28(32,33)34)25(26(19)29(35,36)37)24(40)9-7-17-4-2-1-3-5-17/h1-9,15-16,38H,10-14H2. The quantitative estimate of drug-likeness (QED) is 0.177. The Kier molecular flexibility index (Phi) is 9.16. The molecule has 0 bridgehead atoms. The fourth-order valence-electron chi connectivity index (χ4n) is 4.60. The summed E-state index contributed by atoms with van der Waals surface area (Å²) in [5.41, 5.74) is -6.25. The molecule has 4 rings (SSSR count). The van der Waals surface area contributed by atoms with E-state index in [-0.39, 0.29) is 28.7 Å². The smallest absolute Gasteiger partial charge is 0.336 e. The molecule has 1 fully saturated rings. The van der Waals surface area contributed by atoms with Gasteiger partial charge in [0.25, 0.3) is 5.91 Å². The van der Waals surface area contributed by atoms with Crippen LogP contribution in [0.15, 0.2) is 60.7 Å². The number of ketones is 1. The number of allylic oxidation sites excluding steroid dienone is 1. The Morgan fingerprint density at radius 3 is 2.12 bits per heavy atom. The average Bonchev–Trinajstić information content (AvgIpc) is 2.92. The van der Waals surface area contributed by atoms with Gasteiger partial charge in [-0.2, -0.15) is 26.3 Å². The minimum Gasteiger partial charge on any atom is -0.336 e. The van der Waals surface area contributed by atoms with Gasteiger partial charge in [0, 0.05) is 37.3 Å². The van der Waals surface area contributed by atoms with Crippen LogP contribution in [0, 0.1) is 0 Å². The van der Waals surface area contributed by atoms with Crippen molar-refractivity contribution in [2.75, 3.05) is 26.2 Å². The third-order valence-electron chi connectivity index (χ3n) is 6.50. The van der Waals surface area contributed by atoms with Crippen LogP contribution < -0.4 is 5.32 Å². The van der Waals surface area contributed by atoms with Crippen molar-refractivity contribution < 1.29 is 35.9 Å². The van der Waals surface area contributed by atoms with Gasteiger partial charge in [-0.25, -0.2) is 0 Å². The Labute approximate surface area is 241 Å². The van der Waals surface area contributed by atoms with E-state index < -0.39 is 58.3 Å². The molecule has 0 saturated carbocycles. The third-order valence-corrected chi connectivity index (χ3v) is 7.24. The van der Waals surface area contributed by atoms with E-state index in [4.69, 9.17) is 23.2 Å². The summed E-state index contributed by atoms with van der Waals surface area (Å²) in [5.74, 6) is -2.51. The van der Waals surface area contributed by atoms with Crippen LogP contribution in [0.1, 0.15) is 48.5 Å². The molecule has 0 atom stereocenters. The Hall–Kier alpha value is -3.34. The molecule has 0 spiro atoms. The summed E-state index contributed by atoms with van der Waals surface area (Å²) in [6, 6.07) is 12.2. The zero-order valence-corrected chi connectivity index (χ0v) is 22.7. The van der Waals surface area contributed by atoms with Crippen molar-refractivity contribution in [1.82, 2.24) is 10.2 Å². The van der Waals surface area contributed by atoms with Gasteiger partial charge in [0.05, 0.1) is 21.2 Å². The predicted octanol–water partition coefficient (Wildman–Crippen LogP) is 7.56. The average molecular weight is 615 g/mol. The highest BCUT2D eigenvalue weighted by Gasteiger charge is 2.46. The van der Waals surface area contributed by atoms with E-state index >= 15 is 0 Å². The van der Waals surface area contributed by atoms with E-state index in [2.05, 4.69) is 5.32 Å². The van der Waals surface area contributed by atoms with Crippen LogP contribution in [-0.2, 0) is 18.8 Å². The molecule has 0 radical (unpaired) electrons. The summed E-state index contributed by atoms with van der Waals surface area (Å²) in [7, 11) is 0. The molecule has 0 unspecified atom stereocenters. The van der Waals surface area contributed by atoms with E-state index in [1.807, 2.05) is 0 Å². The highest BCUT2D eigenvalue weighted by Crippen LogP contribution is 2.44. The van der Waals surface area contributed by atoms with Gasteiger partial charge >= 0.3 is 12.4 Å². The minimum atomic E-state index is -5.43. The van der Waals surface area contributed by atoms with Crippen molar-refractivity contribution in [2.24, 2.45) is 0 Å². The largest absolute Gasteiger partial charge is 0.417 e. The molecule has 41 heavy (non-hydrogen) atoms. The number of rotatable bonds is 6. The lowest BCUT2D eigenvalue weighted by Crippen LogP contribution is -2.46. The van der Waals surface area contributed by atoms with E-state index in [9.17, 15) is 35.9 Å². The first kappa shape index (κ1) is 30.6. The number of amides is 1. The van der Waals surface area contributed by atoms with E-state index in [0.717, 1.165) is 6.08 Å². The number of nitrogens with zero attached hydrogens (tertiary/aromatic N) is 1. The van der Waals surface area contributed by atoms with Gasteiger partial charge in [-0.05, 0) is 47.4 Å². The van der Waals surface area contributed by atoms with Gasteiger partial charge in [0.15, 0.2) is 5.78 Å². The van der Waals surface area contributed by atoms with E-state index in [1.54, 1.807) is 18.2 Å². The first-order valence-electron chi connectivity index (χ1n) is 12.3. The molecule has 3 aromatic carbocycles. The predicted molar refractivity (Wildman–Crippen MR) is 144 cm³/mol. The first-order valence-corrected chi connectivity index (χ1v) is 13.1. The maximum Gasteiger partial charge on any atom is 0.417 e. The second-order valence-corrected chi connectivity index (χ2v) is 10.1. The minimum absolute atomic E-state index is 0.00159. The monoisotopic (exact) mass is 614 g/mol. The van der Waals surface area contributed by atoms with Gasteiger partial charge in [-0.15, -0.1) is 0 Å². The summed E-state index contributed by atoms with van der Waals surface area (Å²) in [5, 5.41) is 3.09. The van der Waals surface area contributed by atoms with Gasteiger partial charge in [0.2, 0.25) is 0 Å². The van der Waals surface area contributed by atoms with Gasteiger partial charge in [-0.3, -0.25) is 9.59 Å². The van der Waals surface area contributed by atoms with E-state index in [1.165, 1.54) is 35.2 Å². The zero-order chi connectivity index (χ0) is 29.9. The maximum atomic E-state index is 14.8. The fourth-order valence-corrected chi connectivity index (χ4v) is 4.92. The number of alkyl halides is 6. The van der Waals surface area contributed by atoms with Crippen molar-refractivity contribution in [3.63, 3.8) is 0 Å². The maximum absolute atomic E-state index is 14.8. The Bertz CT molecular complexity index is 1480. The van der Waals surface area contributed by atoms with Crippen LogP contribution in [0.3, 0.4) is 0 Å². The van der Waals surface area contributed by atoms with Crippen molar-refractivity contribution in [2.45, 2.75) is 18.8 Å². The number of carbonyl (C=O) groups is 2. The van der Waals surface area contributed by atoms with Gasteiger partial charge in [-0.1, -0.05) is 65.7 Å². The molecule has 0 aliphatic carbocycles. The van der Waals surface area contributed by atoms with Crippen molar-refractivity contribution in [1.29, 1.82) is 0 Å². The lowest BCUT2D eigenvalue weighted by molar-refractivity contribution is -0.144. The molecule has 4 nitrogen and oxygen atoms in total. The number of nitrogens with one attached hydrogen (secondary N) is 1. The van der Waals surface area contributed by atoms with Crippen molar-refractivity contribution in [3.8, 4) is 0 Å². The molecule has 1 saturated heterocycles. The summed E-state index contributed by atoms with van der Waals surface area (Å²) in [6.07, 6.45) is -9.67. The zero-order valence-electron chi connectivity index (χ0n) is 21.2. The first-order chi connectivity index (χ1) is 19.3. The Morgan fingerprint density at radius 1 is 0.878 bits per heavy atom. The van der Waals surface area contributed by atoms with Crippen molar-refractivity contribution in [3.05, 3.63) is 110 Å². The molecule has 216 valence electrons. The number of hydrogen-bond donors (Lipinski definition) is 1. The van der Waals surface area contributed by atoms with Gasteiger partial charge < -0.3 is 10.2 Å². The summed E-state index contributed by atoms with van der Waals surface area (Å²) >= 11 is 12.0. The number of piperazine rings is 1. The number of halogens is 8. The molecular weight excluding hydrogens is 593 g/mol. The number of carbonyl (C=O) groups excluding carboxylic acids is 2. The highest BCUT2D eigenvalue weighted by atomic mass is 35.5. The normalized spacial score (nSPS) is 14.5. The lowest BCUT2D eigenvalue weighted by atomic mass is 9.85. The Morgan fingerprint density at radius 2 is 1.54 bits per heavy atom. The van der Waals surface area contributed by atoms with Crippen molar-refractivity contribution >= 4 is 41.0 Å². The molecular formula is C29H22Cl2F6N2O2. The van der Waals surface area contributed by atoms with Gasteiger partial charge in [0.1, 0.15) is 0 Å². The molecule has 1 N–H and O–H groups in total. The number of hydrogen-bond acceptors (Lipinski definition) is 3. The van der Waals surface area contributed by atoms with E-state index in [0.29, 0.717) is 30.8 Å². The summed E-state index contributed by atoms with van der Waals surface area (Å²) in [6.45, 7) is 0.780. The van der Waals surface area contributed by atoms with Crippen LogP contribution in [0.25, 0.3) is 6.08 Å². The van der Waals surface area contributed by atoms with Crippen LogP contribution in [0.5, 0.6) is 0 Å². The molecule has 1 amide bonds. The third kappa shape index (κ3) is 7.12. The second-order valence-electron chi connectivity index (χ2n) is 9.27.